The van der Waals surface area contributed by atoms with Crippen LogP contribution in [0.5, 0.6) is 0 Å². The highest BCUT2D eigenvalue weighted by atomic mass is 16.1. The molecular weight excluding hydrogens is 360 g/mol. The van der Waals surface area contributed by atoms with Gasteiger partial charge in [0.15, 0.2) is 0 Å². The lowest BCUT2D eigenvalue weighted by Crippen LogP contribution is -2.46. The number of unbranched alkanes of at least 4 members (excludes halogenated alkanes) is 1. The molecule has 2 aliphatic rings. The van der Waals surface area contributed by atoms with E-state index in [1.807, 2.05) is 0 Å². The molecule has 0 radical (unpaired) electrons. The molecule has 0 atom stereocenters. The van der Waals surface area contributed by atoms with Gasteiger partial charge in [0.2, 0.25) is 0 Å². The standard InChI is InChI=1S/C15H24N2.C9H14N2O/c1-3-4-9-16-10-12-17(13-11-16)15-7-5-14(2)6-8-15;1-2-11-9(12)7-5-3-4-6-8(7)10/h5-8H,3-4,9-13H2,1-2H3;2H,1,3-6,10H2,(H,11,12). The Morgan fingerprint density at radius 2 is 1.79 bits per heavy atom. The summed E-state index contributed by atoms with van der Waals surface area (Å²) in [4.78, 5) is 16.4. The summed E-state index contributed by atoms with van der Waals surface area (Å²) in [6.07, 6.45) is 7.82. The molecule has 0 saturated carbocycles. The smallest absolute Gasteiger partial charge is 0.252 e. The molecule has 5 heteroatoms. The average Bonchev–Trinajstić information content (AvgIpc) is 2.74. The van der Waals surface area contributed by atoms with Crippen molar-refractivity contribution in [3.63, 3.8) is 0 Å². The van der Waals surface area contributed by atoms with Crippen molar-refractivity contribution < 1.29 is 4.79 Å². The van der Waals surface area contributed by atoms with Crippen LogP contribution in [0.25, 0.3) is 0 Å². The lowest BCUT2D eigenvalue weighted by molar-refractivity contribution is -0.116. The van der Waals surface area contributed by atoms with Gasteiger partial charge in [0.25, 0.3) is 5.91 Å². The predicted octanol–water partition coefficient (Wildman–Crippen LogP) is 3.95. The van der Waals surface area contributed by atoms with Crippen molar-refractivity contribution >= 4 is 11.6 Å². The number of carbonyl (C=O) groups is 1. The van der Waals surface area contributed by atoms with Gasteiger partial charge in [-0.25, -0.2) is 0 Å². The third-order valence-corrected chi connectivity index (χ3v) is 5.62. The molecule has 3 rings (SSSR count). The van der Waals surface area contributed by atoms with Gasteiger partial charge in [-0.2, -0.15) is 0 Å². The lowest BCUT2D eigenvalue weighted by Gasteiger charge is -2.36. The van der Waals surface area contributed by atoms with Crippen LogP contribution in [-0.4, -0.2) is 43.5 Å². The maximum absolute atomic E-state index is 11.3. The quantitative estimate of drug-likeness (QED) is 0.762. The third kappa shape index (κ3) is 7.58. The molecule has 0 bridgehead atoms. The second kappa shape index (κ2) is 12.3. The van der Waals surface area contributed by atoms with Crippen molar-refractivity contribution in [3.05, 3.63) is 53.9 Å². The lowest BCUT2D eigenvalue weighted by atomic mass is 9.96. The topological polar surface area (TPSA) is 61.6 Å². The first-order valence-electron chi connectivity index (χ1n) is 11.0. The fourth-order valence-corrected chi connectivity index (χ4v) is 3.73. The number of hydrogen-bond donors (Lipinski definition) is 2. The number of amides is 1. The Morgan fingerprint density at radius 1 is 1.14 bits per heavy atom. The Hall–Kier alpha value is -2.27. The summed E-state index contributed by atoms with van der Waals surface area (Å²) in [7, 11) is 0. The minimum Gasteiger partial charge on any atom is -0.402 e. The number of hydrogen-bond acceptors (Lipinski definition) is 4. The van der Waals surface area contributed by atoms with E-state index in [-0.39, 0.29) is 5.91 Å². The zero-order chi connectivity index (χ0) is 21.1. The van der Waals surface area contributed by atoms with Gasteiger partial charge in [0.05, 0.1) is 0 Å². The van der Waals surface area contributed by atoms with Crippen LogP contribution >= 0.6 is 0 Å². The second-order valence-corrected chi connectivity index (χ2v) is 7.91. The van der Waals surface area contributed by atoms with E-state index in [1.54, 1.807) is 0 Å². The number of allylic oxidation sites excluding steroid dienone is 1. The van der Waals surface area contributed by atoms with E-state index in [9.17, 15) is 4.79 Å². The van der Waals surface area contributed by atoms with Gasteiger partial charge in [0.1, 0.15) is 0 Å². The van der Waals surface area contributed by atoms with Crippen LogP contribution in [0.2, 0.25) is 0 Å². The average molecular weight is 399 g/mol. The fourth-order valence-electron chi connectivity index (χ4n) is 3.73. The normalized spacial score (nSPS) is 17.4. The van der Waals surface area contributed by atoms with Crippen LogP contribution in [0.1, 0.15) is 51.0 Å². The van der Waals surface area contributed by atoms with E-state index < -0.39 is 0 Å². The highest BCUT2D eigenvalue weighted by molar-refractivity contribution is 5.94. The van der Waals surface area contributed by atoms with Gasteiger partial charge < -0.3 is 16.0 Å². The van der Waals surface area contributed by atoms with Gasteiger partial charge in [-0.1, -0.05) is 37.6 Å². The molecule has 3 N–H and O–H groups in total. The van der Waals surface area contributed by atoms with Gasteiger partial charge in [-0.15, -0.1) is 0 Å². The van der Waals surface area contributed by atoms with E-state index in [2.05, 4.69) is 59.8 Å². The largest absolute Gasteiger partial charge is 0.402 e. The zero-order valence-corrected chi connectivity index (χ0v) is 18.3. The minimum atomic E-state index is -0.0952. The van der Waals surface area contributed by atoms with Crippen molar-refractivity contribution in [1.82, 2.24) is 10.2 Å². The molecule has 1 fully saturated rings. The Balaban J connectivity index is 0.000000221. The molecule has 1 amide bonds. The molecular formula is C24H38N4O. The number of rotatable bonds is 6. The molecule has 0 spiro atoms. The molecule has 1 aliphatic heterocycles. The molecule has 29 heavy (non-hydrogen) atoms. The highest BCUT2D eigenvalue weighted by Crippen LogP contribution is 2.21. The van der Waals surface area contributed by atoms with Gasteiger partial charge in [-0.3, -0.25) is 9.69 Å². The van der Waals surface area contributed by atoms with Crippen LogP contribution in [0, 0.1) is 6.92 Å². The van der Waals surface area contributed by atoms with Gasteiger partial charge in [0, 0.05) is 43.1 Å². The van der Waals surface area contributed by atoms with Crippen LogP contribution in [-0.2, 0) is 4.79 Å². The van der Waals surface area contributed by atoms with Gasteiger partial charge >= 0.3 is 0 Å². The van der Waals surface area contributed by atoms with Crippen molar-refractivity contribution in [3.8, 4) is 0 Å². The minimum absolute atomic E-state index is 0.0952. The van der Waals surface area contributed by atoms with Crippen LogP contribution in [0.4, 0.5) is 5.69 Å². The molecule has 0 aromatic heterocycles. The summed E-state index contributed by atoms with van der Waals surface area (Å²) in [5, 5.41) is 2.53. The van der Waals surface area contributed by atoms with E-state index in [4.69, 9.17) is 5.73 Å². The Morgan fingerprint density at radius 3 is 2.38 bits per heavy atom. The summed E-state index contributed by atoms with van der Waals surface area (Å²) in [5.74, 6) is -0.0952. The first kappa shape index (κ1) is 23.0. The molecule has 0 unspecified atom stereocenters. The van der Waals surface area contributed by atoms with Crippen LogP contribution in [0.15, 0.2) is 48.3 Å². The number of benzene rings is 1. The van der Waals surface area contributed by atoms with Gasteiger partial charge in [-0.05, 0) is 63.9 Å². The maximum Gasteiger partial charge on any atom is 0.252 e. The number of piperazine rings is 1. The number of nitrogens with one attached hydrogen (secondary N) is 1. The zero-order valence-electron chi connectivity index (χ0n) is 18.3. The molecule has 1 saturated heterocycles. The van der Waals surface area contributed by atoms with E-state index in [0.717, 1.165) is 37.0 Å². The number of anilines is 1. The summed E-state index contributed by atoms with van der Waals surface area (Å²) < 4.78 is 0. The molecule has 160 valence electrons. The van der Waals surface area contributed by atoms with Crippen LogP contribution < -0.4 is 16.0 Å². The van der Waals surface area contributed by atoms with Crippen molar-refractivity contribution in [2.24, 2.45) is 5.73 Å². The number of aryl methyl sites for hydroxylation is 1. The number of nitrogens with zero attached hydrogens (tertiary/aromatic N) is 2. The van der Waals surface area contributed by atoms with Crippen molar-refractivity contribution in [1.29, 1.82) is 0 Å². The first-order valence-corrected chi connectivity index (χ1v) is 11.0. The Bertz CT molecular complexity index is 673. The summed E-state index contributed by atoms with van der Waals surface area (Å²) in [6.45, 7) is 13.9. The first-order chi connectivity index (χ1) is 14.0. The van der Waals surface area contributed by atoms with E-state index in [1.165, 1.54) is 63.0 Å². The fraction of sp³-hybridized carbons (Fsp3) is 0.542. The summed E-state index contributed by atoms with van der Waals surface area (Å²) in [5.41, 5.74) is 9.89. The second-order valence-electron chi connectivity index (χ2n) is 7.91. The van der Waals surface area contributed by atoms with E-state index in [0.29, 0.717) is 0 Å². The summed E-state index contributed by atoms with van der Waals surface area (Å²) in [6, 6.07) is 8.91. The Labute approximate surface area is 176 Å². The molecule has 1 heterocycles. The molecule has 1 aromatic carbocycles. The van der Waals surface area contributed by atoms with Crippen molar-refractivity contribution in [2.75, 3.05) is 37.6 Å². The van der Waals surface area contributed by atoms with Crippen LogP contribution in [0.3, 0.4) is 0 Å². The monoisotopic (exact) mass is 398 g/mol. The number of carbonyl (C=O) groups excluding carboxylic acids is 1. The maximum atomic E-state index is 11.3. The van der Waals surface area contributed by atoms with Crippen molar-refractivity contribution in [2.45, 2.75) is 52.4 Å². The molecule has 5 nitrogen and oxygen atoms in total. The third-order valence-electron chi connectivity index (χ3n) is 5.62. The summed E-state index contributed by atoms with van der Waals surface area (Å²) >= 11 is 0. The molecule has 1 aromatic rings. The SMILES string of the molecule is C=CNC(=O)C1=C(N)CCCC1.CCCCN1CCN(c2ccc(C)cc2)CC1. The molecule has 1 aliphatic carbocycles. The highest BCUT2D eigenvalue weighted by Gasteiger charge is 2.16. The number of nitrogens with two attached hydrogens (primary N) is 1. The Kier molecular flexibility index (Phi) is 9.78. The van der Waals surface area contributed by atoms with E-state index >= 15 is 0 Å². The predicted molar refractivity (Wildman–Crippen MR) is 123 cm³/mol.